The zero-order valence-electron chi connectivity index (χ0n) is 10.0. The summed E-state index contributed by atoms with van der Waals surface area (Å²) >= 11 is 0. The van der Waals surface area contributed by atoms with Gasteiger partial charge in [0.05, 0.1) is 12.2 Å². The molecule has 90 valence electrons. The zero-order valence-corrected chi connectivity index (χ0v) is 10.0. The van der Waals surface area contributed by atoms with Crippen LogP contribution in [0.4, 0.5) is 5.69 Å². The van der Waals surface area contributed by atoms with E-state index in [1.807, 2.05) is 25.1 Å². The van der Waals surface area contributed by atoms with Gasteiger partial charge in [-0.15, -0.1) is 0 Å². The molecule has 1 aromatic rings. The van der Waals surface area contributed by atoms with Gasteiger partial charge in [-0.25, -0.2) is 0 Å². The Morgan fingerprint density at radius 2 is 2.29 bits per heavy atom. The Labute approximate surface area is 101 Å². The van der Waals surface area contributed by atoms with E-state index >= 15 is 0 Å². The number of hydrogen-bond acceptors (Lipinski definition) is 3. The summed E-state index contributed by atoms with van der Waals surface area (Å²) in [7, 11) is 1.48. The monoisotopic (exact) mass is 232 g/mol. The molecule has 1 rings (SSSR count). The molecular weight excluding hydrogens is 216 g/mol. The summed E-state index contributed by atoms with van der Waals surface area (Å²) in [5.74, 6) is 5.48. The summed E-state index contributed by atoms with van der Waals surface area (Å²) < 4.78 is 4.76. The van der Waals surface area contributed by atoms with E-state index in [1.54, 1.807) is 0 Å². The highest BCUT2D eigenvalue weighted by Gasteiger charge is 2.05. The van der Waals surface area contributed by atoms with Crippen LogP contribution in [0.3, 0.4) is 0 Å². The number of nitrogens with two attached hydrogens (primary N) is 1. The van der Waals surface area contributed by atoms with Crippen molar-refractivity contribution in [2.75, 3.05) is 25.6 Å². The Kier molecular flexibility index (Phi) is 5.21. The summed E-state index contributed by atoms with van der Waals surface area (Å²) in [4.78, 5) is 11.4. The van der Waals surface area contributed by atoms with Gasteiger partial charge in [0.2, 0.25) is 5.91 Å². The van der Waals surface area contributed by atoms with Gasteiger partial charge in [0.1, 0.15) is 6.61 Å². The number of benzene rings is 1. The maximum Gasteiger partial charge on any atom is 0.250 e. The van der Waals surface area contributed by atoms with Crippen molar-refractivity contribution in [3.63, 3.8) is 0 Å². The molecule has 4 heteroatoms. The quantitative estimate of drug-likeness (QED) is 0.761. The molecule has 0 saturated carbocycles. The average Bonchev–Trinajstić information content (AvgIpc) is 2.28. The average molecular weight is 232 g/mol. The predicted molar refractivity (Wildman–Crippen MR) is 67.6 cm³/mol. The standard InChI is InChI=1S/C13H16N2O2/c1-10-5-6-11(4-3-7-14)12(8-10)15-13(16)9-17-2/h5-6,8H,7,9,14H2,1-2H3,(H,15,16). The number of amides is 1. The minimum absolute atomic E-state index is 0.0255. The smallest absolute Gasteiger partial charge is 0.250 e. The Morgan fingerprint density at radius 3 is 2.94 bits per heavy atom. The number of methoxy groups -OCH3 is 1. The van der Waals surface area contributed by atoms with Crippen LogP contribution in [0.15, 0.2) is 18.2 Å². The highest BCUT2D eigenvalue weighted by atomic mass is 16.5. The summed E-state index contributed by atoms with van der Waals surface area (Å²) in [6.07, 6.45) is 0. The maximum absolute atomic E-state index is 11.4. The Balaban J connectivity index is 2.94. The lowest BCUT2D eigenvalue weighted by Crippen LogP contribution is -2.17. The molecule has 0 aliphatic carbocycles. The molecule has 0 heterocycles. The maximum atomic E-state index is 11.4. The summed E-state index contributed by atoms with van der Waals surface area (Å²) in [6, 6.07) is 5.67. The second kappa shape index (κ2) is 6.69. The van der Waals surface area contributed by atoms with Gasteiger partial charge in [-0.2, -0.15) is 0 Å². The number of anilines is 1. The molecule has 0 saturated heterocycles. The molecule has 1 aromatic carbocycles. The van der Waals surface area contributed by atoms with Crippen molar-refractivity contribution in [1.29, 1.82) is 0 Å². The van der Waals surface area contributed by atoms with Crippen LogP contribution in [-0.2, 0) is 9.53 Å². The van der Waals surface area contributed by atoms with Crippen LogP contribution < -0.4 is 11.1 Å². The van der Waals surface area contributed by atoms with Crippen molar-refractivity contribution < 1.29 is 9.53 Å². The zero-order chi connectivity index (χ0) is 12.7. The molecule has 0 bridgehead atoms. The van der Waals surface area contributed by atoms with Gasteiger partial charge >= 0.3 is 0 Å². The van der Waals surface area contributed by atoms with Gasteiger partial charge in [0.15, 0.2) is 0 Å². The van der Waals surface area contributed by atoms with E-state index in [4.69, 9.17) is 10.5 Å². The van der Waals surface area contributed by atoms with Crippen LogP contribution in [0.2, 0.25) is 0 Å². The molecule has 0 aliphatic heterocycles. The molecule has 17 heavy (non-hydrogen) atoms. The minimum Gasteiger partial charge on any atom is -0.375 e. The first kappa shape index (κ1) is 13.2. The number of nitrogens with one attached hydrogen (secondary N) is 1. The largest absolute Gasteiger partial charge is 0.375 e. The van der Waals surface area contributed by atoms with Crippen molar-refractivity contribution in [2.24, 2.45) is 5.73 Å². The molecule has 0 unspecified atom stereocenters. The van der Waals surface area contributed by atoms with E-state index < -0.39 is 0 Å². The minimum atomic E-state index is -0.200. The number of aryl methyl sites for hydroxylation is 1. The van der Waals surface area contributed by atoms with E-state index in [9.17, 15) is 4.79 Å². The number of rotatable bonds is 3. The normalized spacial score (nSPS) is 9.35. The lowest BCUT2D eigenvalue weighted by atomic mass is 10.1. The van der Waals surface area contributed by atoms with E-state index in [-0.39, 0.29) is 12.5 Å². The molecule has 0 fully saturated rings. The lowest BCUT2D eigenvalue weighted by molar-refractivity contribution is -0.119. The van der Waals surface area contributed by atoms with E-state index in [2.05, 4.69) is 17.2 Å². The van der Waals surface area contributed by atoms with Gasteiger partial charge in [-0.05, 0) is 24.6 Å². The van der Waals surface area contributed by atoms with E-state index in [0.717, 1.165) is 11.1 Å². The molecule has 3 N–H and O–H groups in total. The highest BCUT2D eigenvalue weighted by Crippen LogP contribution is 2.16. The molecule has 0 atom stereocenters. The Morgan fingerprint density at radius 1 is 1.53 bits per heavy atom. The Bertz CT molecular complexity index is 458. The molecule has 1 amide bonds. The molecule has 0 radical (unpaired) electrons. The fraction of sp³-hybridized carbons (Fsp3) is 0.308. The van der Waals surface area contributed by atoms with E-state index in [0.29, 0.717) is 12.2 Å². The van der Waals surface area contributed by atoms with Crippen LogP contribution in [0.5, 0.6) is 0 Å². The Hall–Kier alpha value is -1.83. The number of ether oxygens (including phenoxy) is 1. The van der Waals surface area contributed by atoms with Crippen LogP contribution in [-0.4, -0.2) is 26.2 Å². The lowest BCUT2D eigenvalue weighted by Gasteiger charge is -2.08. The van der Waals surface area contributed by atoms with Crippen LogP contribution >= 0.6 is 0 Å². The first-order valence-electron chi connectivity index (χ1n) is 5.25. The summed E-state index contributed by atoms with van der Waals surface area (Å²) in [5.41, 5.74) is 7.82. The highest BCUT2D eigenvalue weighted by molar-refractivity contribution is 5.93. The number of hydrogen-bond donors (Lipinski definition) is 2. The van der Waals surface area contributed by atoms with Crippen molar-refractivity contribution in [1.82, 2.24) is 0 Å². The predicted octanol–water partition coefficient (Wildman–Crippen LogP) is 0.890. The third-order valence-corrected chi connectivity index (χ3v) is 2.05. The van der Waals surface area contributed by atoms with Gasteiger partial charge < -0.3 is 15.8 Å². The van der Waals surface area contributed by atoms with Crippen molar-refractivity contribution in [3.8, 4) is 11.8 Å². The third kappa shape index (κ3) is 4.27. The van der Waals surface area contributed by atoms with Crippen LogP contribution in [0, 0.1) is 18.8 Å². The van der Waals surface area contributed by atoms with Crippen LogP contribution in [0.1, 0.15) is 11.1 Å². The topological polar surface area (TPSA) is 64.3 Å². The first-order valence-corrected chi connectivity index (χ1v) is 5.25. The molecule has 4 nitrogen and oxygen atoms in total. The van der Waals surface area contributed by atoms with Gasteiger partial charge in [-0.1, -0.05) is 17.9 Å². The molecule has 0 spiro atoms. The summed E-state index contributed by atoms with van der Waals surface area (Å²) in [5, 5.41) is 2.75. The van der Waals surface area contributed by atoms with Gasteiger partial charge in [-0.3, -0.25) is 4.79 Å². The van der Waals surface area contributed by atoms with Gasteiger partial charge in [0, 0.05) is 12.7 Å². The number of carbonyl (C=O) groups is 1. The van der Waals surface area contributed by atoms with Gasteiger partial charge in [0.25, 0.3) is 0 Å². The third-order valence-electron chi connectivity index (χ3n) is 2.05. The first-order chi connectivity index (χ1) is 8.17. The summed E-state index contributed by atoms with van der Waals surface area (Å²) in [6.45, 7) is 2.27. The fourth-order valence-corrected chi connectivity index (χ4v) is 1.33. The molecule has 0 aromatic heterocycles. The van der Waals surface area contributed by atoms with E-state index in [1.165, 1.54) is 7.11 Å². The number of carbonyl (C=O) groups excluding carboxylic acids is 1. The van der Waals surface area contributed by atoms with Crippen molar-refractivity contribution >= 4 is 11.6 Å². The van der Waals surface area contributed by atoms with Crippen LogP contribution in [0.25, 0.3) is 0 Å². The van der Waals surface area contributed by atoms with Crippen molar-refractivity contribution in [3.05, 3.63) is 29.3 Å². The van der Waals surface area contributed by atoms with Crippen molar-refractivity contribution in [2.45, 2.75) is 6.92 Å². The molecular formula is C13H16N2O2. The SMILES string of the molecule is COCC(=O)Nc1cc(C)ccc1C#CCN. The fourth-order valence-electron chi connectivity index (χ4n) is 1.33. The second-order valence-corrected chi connectivity index (χ2v) is 3.54. The second-order valence-electron chi connectivity index (χ2n) is 3.54. The molecule has 0 aliphatic rings.